The van der Waals surface area contributed by atoms with Crippen LogP contribution in [0.15, 0.2) is 75.9 Å². The first-order valence-corrected chi connectivity index (χ1v) is 11.3. The minimum Gasteiger partial charge on any atom is -0.497 e. The molecule has 2 heterocycles. The van der Waals surface area contributed by atoms with Crippen molar-refractivity contribution in [2.75, 3.05) is 13.7 Å². The van der Waals surface area contributed by atoms with E-state index in [-0.39, 0.29) is 46.6 Å². The average molecular weight is 504 g/mol. The molecule has 1 aliphatic heterocycles. The van der Waals surface area contributed by atoms with Crippen molar-refractivity contribution in [1.29, 1.82) is 0 Å². The zero-order valence-corrected chi connectivity index (χ0v) is 19.7. The summed E-state index contributed by atoms with van der Waals surface area (Å²) in [6.07, 6.45) is -0.319. The molecule has 1 aliphatic rings. The third kappa shape index (κ3) is 4.12. The van der Waals surface area contributed by atoms with Gasteiger partial charge in [-0.1, -0.05) is 23.7 Å². The summed E-state index contributed by atoms with van der Waals surface area (Å²) >= 11 is 6.06. The van der Waals surface area contributed by atoms with Crippen molar-refractivity contribution in [1.82, 2.24) is 4.90 Å². The number of carbonyl (C=O) groups is 3. The van der Waals surface area contributed by atoms with Crippen LogP contribution in [0.1, 0.15) is 27.1 Å². The largest absolute Gasteiger partial charge is 0.497 e. The summed E-state index contributed by atoms with van der Waals surface area (Å²) in [5, 5.41) is 0.456. The summed E-state index contributed by atoms with van der Waals surface area (Å²) in [5.74, 6) is -1.46. The Kier molecular flexibility index (Phi) is 6.03. The Labute approximate surface area is 209 Å². The van der Waals surface area contributed by atoms with E-state index in [9.17, 15) is 19.2 Å². The Hall–Kier alpha value is -4.43. The number of nitrogens with zero attached hydrogens (tertiary/aromatic N) is 1. The maximum atomic E-state index is 13.3. The molecule has 0 spiro atoms. The maximum Gasteiger partial charge on any atom is 0.313 e. The fourth-order valence-corrected chi connectivity index (χ4v) is 4.16. The molecule has 3 aromatic carbocycles. The van der Waals surface area contributed by atoms with Crippen molar-refractivity contribution >= 4 is 40.4 Å². The lowest BCUT2D eigenvalue weighted by Crippen LogP contribution is -2.32. The van der Waals surface area contributed by atoms with E-state index in [0.29, 0.717) is 16.3 Å². The van der Waals surface area contributed by atoms with Crippen LogP contribution in [0, 0.1) is 0 Å². The van der Waals surface area contributed by atoms with Crippen molar-refractivity contribution in [3.63, 3.8) is 0 Å². The van der Waals surface area contributed by atoms with E-state index in [1.54, 1.807) is 60.7 Å². The molecule has 0 atom stereocenters. The molecule has 9 heteroatoms. The standard InChI is InChI=1S/C27H18ClNO7/c1-34-17-9-6-15(7-10-17)24-25(23(31)20-14-16(28)8-11-21(20)35-24)36-22(30)12-13-29-26(32)18-4-2-3-5-19(18)27(29)33/h2-11,14H,12-13H2,1H3. The summed E-state index contributed by atoms with van der Waals surface area (Å²) in [5.41, 5.74) is 0.724. The molecular weight excluding hydrogens is 486 g/mol. The summed E-state index contributed by atoms with van der Waals surface area (Å²) in [6, 6.07) is 17.7. The summed E-state index contributed by atoms with van der Waals surface area (Å²) in [7, 11) is 1.52. The number of hydrogen-bond acceptors (Lipinski definition) is 7. The van der Waals surface area contributed by atoms with Gasteiger partial charge < -0.3 is 13.9 Å². The zero-order valence-electron chi connectivity index (χ0n) is 18.9. The van der Waals surface area contributed by atoms with Gasteiger partial charge in [0.05, 0.1) is 30.0 Å². The molecule has 0 unspecified atom stereocenters. The number of methoxy groups -OCH3 is 1. The highest BCUT2D eigenvalue weighted by molar-refractivity contribution is 6.31. The quantitative estimate of drug-likeness (QED) is 0.277. The lowest BCUT2D eigenvalue weighted by Gasteiger charge is -2.14. The van der Waals surface area contributed by atoms with Gasteiger partial charge in [-0.15, -0.1) is 0 Å². The molecule has 36 heavy (non-hydrogen) atoms. The van der Waals surface area contributed by atoms with Crippen LogP contribution in [0.2, 0.25) is 5.02 Å². The van der Waals surface area contributed by atoms with E-state index in [0.717, 1.165) is 4.90 Å². The number of rotatable bonds is 6. The van der Waals surface area contributed by atoms with Gasteiger partial charge in [-0.25, -0.2) is 0 Å². The fourth-order valence-electron chi connectivity index (χ4n) is 3.99. The lowest BCUT2D eigenvalue weighted by atomic mass is 10.1. The molecule has 0 aliphatic carbocycles. The van der Waals surface area contributed by atoms with Crippen LogP contribution < -0.4 is 14.9 Å². The first kappa shape index (κ1) is 23.3. The Morgan fingerprint density at radius 2 is 1.61 bits per heavy atom. The second-order valence-electron chi connectivity index (χ2n) is 7.99. The van der Waals surface area contributed by atoms with Gasteiger partial charge in [-0.05, 0) is 54.6 Å². The molecule has 0 bridgehead atoms. The van der Waals surface area contributed by atoms with Crippen LogP contribution in [-0.4, -0.2) is 36.3 Å². The minimum atomic E-state index is -0.810. The van der Waals surface area contributed by atoms with E-state index in [1.807, 2.05) is 0 Å². The first-order chi connectivity index (χ1) is 17.4. The Bertz CT molecular complexity index is 1560. The monoisotopic (exact) mass is 503 g/mol. The van der Waals surface area contributed by atoms with Gasteiger partial charge in [0.1, 0.15) is 11.3 Å². The molecule has 180 valence electrons. The van der Waals surface area contributed by atoms with Gasteiger partial charge >= 0.3 is 5.97 Å². The van der Waals surface area contributed by atoms with Crippen LogP contribution in [-0.2, 0) is 4.79 Å². The molecule has 4 aromatic rings. The van der Waals surface area contributed by atoms with Crippen LogP contribution in [0.5, 0.6) is 11.5 Å². The highest BCUT2D eigenvalue weighted by Crippen LogP contribution is 2.33. The number of amides is 2. The highest BCUT2D eigenvalue weighted by atomic mass is 35.5. The van der Waals surface area contributed by atoms with Gasteiger partial charge in [0.15, 0.2) is 5.76 Å². The number of esters is 1. The zero-order chi connectivity index (χ0) is 25.4. The fraction of sp³-hybridized carbons (Fsp3) is 0.111. The number of carbonyl (C=O) groups excluding carboxylic acids is 3. The number of imide groups is 1. The molecule has 0 fully saturated rings. The number of halogens is 1. The van der Waals surface area contributed by atoms with Gasteiger partial charge in [0.2, 0.25) is 11.2 Å². The van der Waals surface area contributed by atoms with Crippen LogP contribution in [0.3, 0.4) is 0 Å². The van der Waals surface area contributed by atoms with Gasteiger partial charge in [0, 0.05) is 17.1 Å². The minimum absolute atomic E-state index is 0.0477. The molecule has 0 saturated heterocycles. The predicted molar refractivity (Wildman–Crippen MR) is 132 cm³/mol. The van der Waals surface area contributed by atoms with Crippen LogP contribution in [0.4, 0.5) is 0 Å². The van der Waals surface area contributed by atoms with E-state index in [2.05, 4.69) is 0 Å². The predicted octanol–water partition coefficient (Wildman–Crippen LogP) is 4.71. The number of ether oxygens (including phenoxy) is 2. The van der Waals surface area contributed by atoms with Gasteiger partial charge in [-0.2, -0.15) is 0 Å². The normalized spacial score (nSPS) is 12.7. The van der Waals surface area contributed by atoms with Crippen molar-refractivity contribution in [3.05, 3.63) is 93.1 Å². The van der Waals surface area contributed by atoms with E-state index in [4.69, 9.17) is 25.5 Å². The number of hydrogen-bond donors (Lipinski definition) is 0. The topological polar surface area (TPSA) is 103 Å². The Morgan fingerprint density at radius 1 is 0.944 bits per heavy atom. The number of benzene rings is 3. The average Bonchev–Trinajstić information content (AvgIpc) is 3.14. The number of fused-ring (bicyclic) bond motifs is 2. The third-order valence-electron chi connectivity index (χ3n) is 5.80. The Morgan fingerprint density at radius 3 is 2.25 bits per heavy atom. The molecule has 2 amide bonds. The third-order valence-corrected chi connectivity index (χ3v) is 6.03. The van der Waals surface area contributed by atoms with E-state index >= 15 is 0 Å². The maximum absolute atomic E-state index is 13.3. The van der Waals surface area contributed by atoms with Crippen molar-refractivity contribution in [3.8, 4) is 22.8 Å². The summed E-state index contributed by atoms with van der Waals surface area (Å²) in [4.78, 5) is 52.2. The highest BCUT2D eigenvalue weighted by Gasteiger charge is 2.35. The molecule has 0 radical (unpaired) electrons. The molecule has 5 rings (SSSR count). The molecular formula is C27H18ClNO7. The molecule has 0 saturated carbocycles. The summed E-state index contributed by atoms with van der Waals surface area (Å²) in [6.45, 7) is -0.201. The molecule has 8 nitrogen and oxygen atoms in total. The van der Waals surface area contributed by atoms with Gasteiger partial charge in [0.25, 0.3) is 11.8 Å². The summed E-state index contributed by atoms with van der Waals surface area (Å²) < 4.78 is 16.6. The van der Waals surface area contributed by atoms with E-state index in [1.165, 1.54) is 13.2 Å². The van der Waals surface area contributed by atoms with Crippen LogP contribution >= 0.6 is 11.6 Å². The Balaban J connectivity index is 1.45. The van der Waals surface area contributed by atoms with Crippen molar-refractivity contribution in [2.24, 2.45) is 0 Å². The van der Waals surface area contributed by atoms with Crippen molar-refractivity contribution < 1.29 is 28.3 Å². The SMILES string of the molecule is COc1ccc(-c2oc3ccc(Cl)cc3c(=O)c2OC(=O)CCN2C(=O)c3ccccc3C2=O)cc1. The second-order valence-corrected chi connectivity index (χ2v) is 8.43. The molecule has 1 aromatic heterocycles. The van der Waals surface area contributed by atoms with Crippen molar-refractivity contribution in [2.45, 2.75) is 6.42 Å². The smallest absolute Gasteiger partial charge is 0.313 e. The lowest BCUT2D eigenvalue weighted by molar-refractivity contribution is -0.134. The van der Waals surface area contributed by atoms with E-state index < -0.39 is 23.2 Å². The second kappa shape index (κ2) is 9.31. The molecule has 0 N–H and O–H groups in total. The van der Waals surface area contributed by atoms with Gasteiger partial charge in [-0.3, -0.25) is 24.1 Å². The first-order valence-electron chi connectivity index (χ1n) is 10.9. The van der Waals surface area contributed by atoms with Crippen LogP contribution in [0.25, 0.3) is 22.3 Å².